The lowest BCUT2D eigenvalue weighted by molar-refractivity contribution is -0.147. The van der Waals surface area contributed by atoms with Gasteiger partial charge in [0.15, 0.2) is 17.0 Å². The minimum absolute atomic E-state index is 0.0562. The molecule has 0 saturated carbocycles. The van der Waals surface area contributed by atoms with Crippen LogP contribution in [0.2, 0.25) is 0 Å². The zero-order valence-electron chi connectivity index (χ0n) is 16.4. The lowest BCUT2D eigenvalue weighted by Gasteiger charge is -2.27. The van der Waals surface area contributed by atoms with Crippen LogP contribution in [0, 0.1) is 16.7 Å². The number of rotatable bonds is 5. The quantitative estimate of drug-likeness (QED) is 0.453. The van der Waals surface area contributed by atoms with Crippen molar-refractivity contribution in [1.82, 2.24) is 0 Å². The van der Waals surface area contributed by atoms with E-state index in [-0.39, 0.29) is 18.0 Å². The second-order valence-electron chi connectivity index (χ2n) is 7.12. The highest BCUT2D eigenvalue weighted by Gasteiger charge is 2.57. The summed E-state index contributed by atoms with van der Waals surface area (Å²) < 4.78 is 10.3. The van der Waals surface area contributed by atoms with Crippen LogP contribution in [0.5, 0.6) is 0 Å². The first-order valence-electron chi connectivity index (χ1n) is 9.54. The van der Waals surface area contributed by atoms with E-state index < -0.39 is 17.3 Å². The summed E-state index contributed by atoms with van der Waals surface area (Å²) in [5.74, 6) is -1.45. The van der Waals surface area contributed by atoms with Crippen LogP contribution in [0.3, 0.4) is 0 Å². The zero-order valence-corrected chi connectivity index (χ0v) is 16.4. The second kappa shape index (κ2) is 7.84. The number of fused-ring (bicyclic) bond motifs is 1. The summed E-state index contributed by atoms with van der Waals surface area (Å²) in [6, 6.07) is 22.3. The predicted molar refractivity (Wildman–Crippen MR) is 111 cm³/mol. The number of esters is 1. The van der Waals surface area contributed by atoms with Crippen molar-refractivity contribution < 1.29 is 18.7 Å². The van der Waals surface area contributed by atoms with E-state index in [2.05, 4.69) is 6.07 Å². The number of ether oxygens (including phenoxy) is 1. The molecule has 0 radical (unpaired) electrons. The summed E-state index contributed by atoms with van der Waals surface area (Å²) in [4.78, 5) is 26.0. The highest BCUT2D eigenvalue weighted by molar-refractivity contribution is 6.07. The fraction of sp³-hybridized carbons (Fsp3) is 0.160. The van der Waals surface area contributed by atoms with E-state index in [1.165, 1.54) is 13.4 Å². The van der Waals surface area contributed by atoms with E-state index in [1.54, 1.807) is 12.1 Å². The highest BCUT2D eigenvalue weighted by Crippen LogP contribution is 2.57. The maximum Gasteiger partial charge on any atom is 0.331 e. The van der Waals surface area contributed by atoms with E-state index in [1.807, 2.05) is 60.7 Å². The van der Waals surface area contributed by atoms with Crippen molar-refractivity contribution in [3.63, 3.8) is 0 Å². The number of furan rings is 1. The van der Waals surface area contributed by atoms with Gasteiger partial charge < -0.3 is 9.15 Å². The molecule has 2 unspecified atom stereocenters. The molecule has 4 rings (SSSR count). The van der Waals surface area contributed by atoms with Crippen LogP contribution in [0.15, 0.2) is 77.4 Å². The Morgan fingerprint density at radius 3 is 2.50 bits per heavy atom. The number of ketones is 1. The van der Waals surface area contributed by atoms with Crippen LogP contribution in [0.4, 0.5) is 0 Å². The standard InChI is InChI=1S/C25H19NO4/c1-29-24(28)25(16-26)20(14-17-8-3-2-4-9-17)18-10-5-6-11-19(18)21(25)15-22(27)23-12-7-13-30-23/h2-14,21H,15H2,1H3/b20-14+. The van der Waals surface area contributed by atoms with Gasteiger partial charge in [0.2, 0.25) is 0 Å². The Morgan fingerprint density at radius 1 is 1.10 bits per heavy atom. The normalized spacial score (nSPS) is 21.1. The smallest absolute Gasteiger partial charge is 0.331 e. The Bertz CT molecular complexity index is 1160. The Hall–Kier alpha value is -3.91. The molecule has 2 atom stereocenters. The van der Waals surface area contributed by atoms with Crippen molar-refractivity contribution in [3.05, 3.63) is 95.4 Å². The molecule has 0 aliphatic heterocycles. The molecule has 1 heterocycles. The van der Waals surface area contributed by atoms with Crippen LogP contribution in [-0.2, 0) is 9.53 Å². The third-order valence-corrected chi connectivity index (χ3v) is 5.55. The van der Waals surface area contributed by atoms with Crippen molar-refractivity contribution in [2.45, 2.75) is 12.3 Å². The molecule has 0 N–H and O–H groups in total. The van der Waals surface area contributed by atoms with Crippen molar-refractivity contribution in [2.75, 3.05) is 7.11 Å². The topological polar surface area (TPSA) is 80.3 Å². The minimum atomic E-state index is -1.64. The van der Waals surface area contributed by atoms with Gasteiger partial charge in [-0.25, -0.2) is 4.79 Å². The molecule has 1 aliphatic carbocycles. The number of hydrogen-bond donors (Lipinski definition) is 0. The molecule has 1 aromatic heterocycles. The average molecular weight is 397 g/mol. The van der Waals surface area contributed by atoms with Crippen molar-refractivity contribution >= 4 is 23.4 Å². The van der Waals surface area contributed by atoms with Gasteiger partial charge in [-0.1, -0.05) is 54.6 Å². The number of carbonyl (C=O) groups is 2. The first kappa shape index (κ1) is 19.4. The minimum Gasteiger partial charge on any atom is -0.468 e. The molecular formula is C25H19NO4. The van der Waals surface area contributed by atoms with E-state index in [0.717, 1.165) is 16.7 Å². The van der Waals surface area contributed by atoms with Gasteiger partial charge in [-0.3, -0.25) is 4.79 Å². The molecule has 2 aromatic carbocycles. The summed E-state index contributed by atoms with van der Waals surface area (Å²) in [6.07, 6.45) is 3.20. The molecule has 0 saturated heterocycles. The summed E-state index contributed by atoms with van der Waals surface area (Å²) in [6.45, 7) is 0. The molecule has 0 bridgehead atoms. The van der Waals surface area contributed by atoms with E-state index in [0.29, 0.717) is 5.57 Å². The van der Waals surface area contributed by atoms with E-state index in [9.17, 15) is 14.9 Å². The van der Waals surface area contributed by atoms with Gasteiger partial charge in [0.1, 0.15) is 0 Å². The molecule has 5 nitrogen and oxygen atoms in total. The van der Waals surface area contributed by atoms with Crippen LogP contribution < -0.4 is 0 Å². The number of nitrogens with zero attached hydrogens (tertiary/aromatic N) is 1. The molecule has 0 spiro atoms. The molecule has 3 aromatic rings. The Balaban J connectivity index is 1.92. The lowest BCUT2D eigenvalue weighted by atomic mass is 9.72. The fourth-order valence-electron chi connectivity index (χ4n) is 4.17. The van der Waals surface area contributed by atoms with E-state index >= 15 is 0 Å². The van der Waals surface area contributed by atoms with Crippen LogP contribution in [0.1, 0.15) is 39.6 Å². The first-order valence-corrected chi connectivity index (χ1v) is 9.54. The first-order chi connectivity index (χ1) is 14.6. The number of Topliss-reactive ketones (excluding diaryl/α,β-unsaturated/α-hetero) is 1. The monoisotopic (exact) mass is 397 g/mol. The SMILES string of the molecule is COC(=O)C1(C#N)/C(=C/c2ccccc2)c2ccccc2C1CC(=O)c1ccco1. The Kier molecular flexibility index (Phi) is 5.07. The lowest BCUT2D eigenvalue weighted by Crippen LogP contribution is -2.35. The number of nitriles is 1. The maximum absolute atomic E-state index is 13.1. The van der Waals surface area contributed by atoms with Gasteiger partial charge in [-0.15, -0.1) is 0 Å². The maximum atomic E-state index is 13.1. The number of methoxy groups -OCH3 is 1. The van der Waals surface area contributed by atoms with Gasteiger partial charge in [-0.05, 0) is 40.5 Å². The van der Waals surface area contributed by atoms with Gasteiger partial charge in [0.25, 0.3) is 0 Å². The Labute approximate surface area is 174 Å². The van der Waals surface area contributed by atoms with Gasteiger partial charge >= 0.3 is 5.97 Å². The van der Waals surface area contributed by atoms with Crippen molar-refractivity contribution in [1.29, 1.82) is 5.26 Å². The molecule has 0 fully saturated rings. The Morgan fingerprint density at radius 2 is 1.83 bits per heavy atom. The van der Waals surface area contributed by atoms with Crippen LogP contribution in [0.25, 0.3) is 11.6 Å². The third kappa shape index (κ3) is 3.03. The van der Waals surface area contributed by atoms with Crippen molar-refractivity contribution in [3.8, 4) is 6.07 Å². The largest absolute Gasteiger partial charge is 0.468 e. The van der Waals surface area contributed by atoms with Crippen LogP contribution in [-0.4, -0.2) is 18.9 Å². The van der Waals surface area contributed by atoms with E-state index in [4.69, 9.17) is 9.15 Å². The number of carbonyl (C=O) groups excluding carboxylic acids is 2. The second-order valence-corrected chi connectivity index (χ2v) is 7.12. The molecule has 0 amide bonds. The highest BCUT2D eigenvalue weighted by atomic mass is 16.5. The van der Waals surface area contributed by atoms with Gasteiger partial charge in [0, 0.05) is 12.3 Å². The molecule has 5 heteroatoms. The van der Waals surface area contributed by atoms with Crippen molar-refractivity contribution in [2.24, 2.45) is 5.41 Å². The molecule has 148 valence electrons. The molecule has 30 heavy (non-hydrogen) atoms. The number of benzene rings is 2. The summed E-state index contributed by atoms with van der Waals surface area (Å²) >= 11 is 0. The molecule has 1 aliphatic rings. The fourth-order valence-corrected chi connectivity index (χ4v) is 4.17. The van der Waals surface area contributed by atoms with Crippen LogP contribution >= 0.6 is 0 Å². The summed E-state index contributed by atoms with van der Waals surface area (Å²) in [5.41, 5.74) is 1.29. The van der Waals surface area contributed by atoms with Gasteiger partial charge in [-0.2, -0.15) is 5.26 Å². The number of hydrogen-bond acceptors (Lipinski definition) is 5. The third-order valence-electron chi connectivity index (χ3n) is 5.55. The summed E-state index contributed by atoms with van der Waals surface area (Å²) in [7, 11) is 1.26. The molecular weight excluding hydrogens is 378 g/mol. The van der Waals surface area contributed by atoms with Gasteiger partial charge in [0.05, 0.1) is 19.4 Å². The summed E-state index contributed by atoms with van der Waals surface area (Å²) in [5, 5.41) is 10.3. The zero-order chi connectivity index (χ0) is 21.1. The predicted octanol–water partition coefficient (Wildman–Crippen LogP) is 4.87. The average Bonchev–Trinajstić information content (AvgIpc) is 3.41.